The molecule has 170 valence electrons. The Bertz CT molecular complexity index is 1370. The van der Waals surface area contributed by atoms with Crippen LogP contribution in [0, 0.1) is 0 Å². The fraction of sp³-hybridized carbons (Fsp3) is 0.200. The number of thiophene rings is 1. The van der Waals surface area contributed by atoms with Crippen LogP contribution in [0.3, 0.4) is 0 Å². The van der Waals surface area contributed by atoms with Gasteiger partial charge in [-0.05, 0) is 47.7 Å². The van der Waals surface area contributed by atoms with E-state index in [1.54, 1.807) is 17.5 Å². The van der Waals surface area contributed by atoms with Crippen molar-refractivity contribution in [1.82, 2.24) is 19.7 Å². The fourth-order valence-electron chi connectivity index (χ4n) is 4.55. The highest BCUT2D eigenvalue weighted by atomic mass is 35.5. The maximum atomic E-state index is 13.5. The summed E-state index contributed by atoms with van der Waals surface area (Å²) in [6.07, 6.45) is 3.05. The Labute approximate surface area is 210 Å². The van der Waals surface area contributed by atoms with Crippen molar-refractivity contribution >= 4 is 46.4 Å². The molecule has 4 heterocycles. The second-order valence-electron chi connectivity index (χ2n) is 8.29. The number of aromatic nitrogens is 4. The van der Waals surface area contributed by atoms with Crippen molar-refractivity contribution in [3.8, 4) is 0 Å². The third kappa shape index (κ3) is 4.06. The Kier molecular flexibility index (Phi) is 5.72. The van der Waals surface area contributed by atoms with Gasteiger partial charge in [-0.1, -0.05) is 47.6 Å². The van der Waals surface area contributed by atoms with Crippen molar-refractivity contribution in [2.45, 2.75) is 35.7 Å². The molecule has 0 spiro atoms. The molecule has 34 heavy (non-hydrogen) atoms. The van der Waals surface area contributed by atoms with Gasteiger partial charge in [-0.2, -0.15) is 4.98 Å². The minimum atomic E-state index is -0.336. The molecule has 1 aromatic carbocycles. The number of allylic oxidation sites excluding steroid dienone is 2. The van der Waals surface area contributed by atoms with E-state index in [4.69, 9.17) is 21.7 Å². The van der Waals surface area contributed by atoms with Crippen LogP contribution in [0.4, 0.5) is 5.95 Å². The second kappa shape index (κ2) is 9.02. The second-order valence-corrected chi connectivity index (χ2v) is 10.6. The van der Waals surface area contributed by atoms with E-state index in [1.807, 2.05) is 53.2 Å². The largest absolute Gasteiger partial charge is 0.328 e. The lowest BCUT2D eigenvalue weighted by molar-refractivity contribution is -0.116. The van der Waals surface area contributed by atoms with E-state index in [0.717, 1.165) is 28.9 Å². The number of nitrogens with zero attached hydrogens (tertiary/aromatic N) is 4. The SMILES string of the molecule is O=C1C[C@@H](c2cccs2)CC2=C1[C@@H](c1ccc(Cl)cc1)n1nc(SCc3ccccn3)nc1N2. The molecule has 0 bridgehead atoms. The van der Waals surface area contributed by atoms with Gasteiger partial charge in [-0.3, -0.25) is 9.78 Å². The number of rotatable bonds is 5. The lowest BCUT2D eigenvalue weighted by atomic mass is 9.80. The summed E-state index contributed by atoms with van der Waals surface area (Å²) in [4.78, 5) is 23.9. The van der Waals surface area contributed by atoms with Crippen LogP contribution >= 0.6 is 34.7 Å². The fourth-order valence-corrected chi connectivity index (χ4v) is 6.25. The molecule has 0 fully saturated rings. The Balaban J connectivity index is 1.37. The summed E-state index contributed by atoms with van der Waals surface area (Å²) < 4.78 is 1.84. The van der Waals surface area contributed by atoms with Gasteiger partial charge in [0.1, 0.15) is 6.04 Å². The number of pyridine rings is 1. The number of ketones is 1. The maximum Gasteiger partial charge on any atom is 0.227 e. The highest BCUT2D eigenvalue weighted by Crippen LogP contribution is 2.45. The van der Waals surface area contributed by atoms with E-state index in [2.05, 4.69) is 21.7 Å². The molecule has 3 aromatic heterocycles. The smallest absolute Gasteiger partial charge is 0.227 e. The monoisotopic (exact) mass is 505 g/mol. The maximum absolute atomic E-state index is 13.5. The number of halogens is 1. The number of hydrogen-bond acceptors (Lipinski definition) is 7. The minimum Gasteiger partial charge on any atom is -0.328 e. The van der Waals surface area contributed by atoms with E-state index in [1.165, 1.54) is 16.6 Å². The predicted octanol–water partition coefficient (Wildman–Crippen LogP) is 6.10. The van der Waals surface area contributed by atoms with Crippen molar-refractivity contribution in [1.29, 1.82) is 0 Å². The van der Waals surface area contributed by atoms with Crippen LogP contribution in [0.1, 0.15) is 40.9 Å². The molecule has 4 aromatic rings. The first kappa shape index (κ1) is 21.6. The highest BCUT2D eigenvalue weighted by Gasteiger charge is 2.40. The summed E-state index contributed by atoms with van der Waals surface area (Å²) in [5.41, 5.74) is 3.65. The first-order valence-electron chi connectivity index (χ1n) is 11.0. The van der Waals surface area contributed by atoms with Crippen molar-refractivity contribution in [2.24, 2.45) is 0 Å². The molecule has 1 aliphatic carbocycles. The van der Waals surface area contributed by atoms with Gasteiger partial charge in [0.2, 0.25) is 11.1 Å². The number of fused-ring (bicyclic) bond motifs is 1. The van der Waals surface area contributed by atoms with Crippen molar-refractivity contribution in [2.75, 3.05) is 5.32 Å². The summed E-state index contributed by atoms with van der Waals surface area (Å²) in [5, 5.41) is 11.6. The summed E-state index contributed by atoms with van der Waals surface area (Å²) >= 11 is 9.40. The van der Waals surface area contributed by atoms with Gasteiger partial charge in [0.15, 0.2) is 5.78 Å². The number of hydrogen-bond donors (Lipinski definition) is 1. The third-order valence-electron chi connectivity index (χ3n) is 6.11. The molecule has 2 atom stereocenters. The van der Waals surface area contributed by atoms with Gasteiger partial charge >= 0.3 is 0 Å². The van der Waals surface area contributed by atoms with Crippen molar-refractivity contribution in [3.05, 3.63) is 98.6 Å². The van der Waals surface area contributed by atoms with Gasteiger partial charge in [-0.15, -0.1) is 16.4 Å². The zero-order valence-electron chi connectivity index (χ0n) is 18.0. The average Bonchev–Trinajstić information content (AvgIpc) is 3.53. The van der Waals surface area contributed by atoms with Crippen LogP contribution in [0.5, 0.6) is 0 Å². The molecule has 6 rings (SSSR count). The standard InChI is InChI=1S/C25H20ClN5OS2/c26-17-8-6-15(7-9-17)23-22-19(12-16(13-20(22)32)21-5-3-11-33-21)28-24-29-25(30-31(23)24)34-14-18-4-1-2-10-27-18/h1-11,16,23H,12-14H2,(H,28,29,30)/t16-,23+/m0/s1. The summed E-state index contributed by atoms with van der Waals surface area (Å²) in [6, 6.07) is 17.3. The van der Waals surface area contributed by atoms with Gasteiger partial charge in [-0.25, -0.2) is 4.68 Å². The molecule has 0 unspecified atom stereocenters. The van der Waals surface area contributed by atoms with Crippen LogP contribution < -0.4 is 5.32 Å². The average molecular weight is 506 g/mol. The minimum absolute atomic E-state index is 0.149. The number of Topliss-reactive ketones (excluding diaryl/α,β-unsaturated/α-hetero) is 1. The van der Waals surface area contributed by atoms with Crippen molar-refractivity contribution in [3.63, 3.8) is 0 Å². The zero-order valence-corrected chi connectivity index (χ0v) is 20.4. The molecule has 6 nitrogen and oxygen atoms in total. The van der Waals surface area contributed by atoms with Gasteiger partial charge in [0, 0.05) is 45.5 Å². The van der Waals surface area contributed by atoms with Crippen LogP contribution in [-0.4, -0.2) is 25.5 Å². The third-order valence-corrected chi connectivity index (χ3v) is 8.26. The summed E-state index contributed by atoms with van der Waals surface area (Å²) in [5.74, 6) is 1.65. The Hall–Kier alpha value is -2.94. The van der Waals surface area contributed by atoms with Crippen LogP contribution in [0.25, 0.3) is 0 Å². The Morgan fingerprint density at radius 1 is 1.12 bits per heavy atom. The Morgan fingerprint density at radius 2 is 2.00 bits per heavy atom. The summed E-state index contributed by atoms with van der Waals surface area (Å²) in [6.45, 7) is 0. The van der Waals surface area contributed by atoms with E-state index < -0.39 is 0 Å². The molecule has 0 radical (unpaired) electrons. The van der Waals surface area contributed by atoms with Gasteiger partial charge in [0.25, 0.3) is 0 Å². The van der Waals surface area contributed by atoms with Crippen LogP contribution in [0.15, 0.2) is 82.6 Å². The molecular weight excluding hydrogens is 486 g/mol. The number of carbonyl (C=O) groups excluding carboxylic acids is 1. The molecule has 9 heteroatoms. The number of benzene rings is 1. The zero-order chi connectivity index (χ0) is 23.1. The molecule has 0 saturated heterocycles. The van der Waals surface area contributed by atoms with Gasteiger partial charge in [0.05, 0.1) is 5.69 Å². The lowest BCUT2D eigenvalue weighted by Crippen LogP contribution is -2.33. The molecule has 2 aliphatic rings. The number of nitrogens with one attached hydrogen (secondary N) is 1. The van der Waals surface area contributed by atoms with Crippen LogP contribution in [0.2, 0.25) is 5.02 Å². The Morgan fingerprint density at radius 3 is 2.76 bits per heavy atom. The van der Waals surface area contributed by atoms with Crippen molar-refractivity contribution < 1.29 is 4.79 Å². The number of anilines is 1. The molecular formula is C25H20ClN5OS2. The number of carbonyl (C=O) groups is 1. The van der Waals surface area contributed by atoms with E-state index in [0.29, 0.717) is 28.3 Å². The van der Waals surface area contributed by atoms with Gasteiger partial charge < -0.3 is 5.32 Å². The van der Waals surface area contributed by atoms with Crippen LogP contribution in [-0.2, 0) is 10.5 Å². The normalized spacial score (nSPS) is 19.5. The molecule has 1 aliphatic heterocycles. The predicted molar refractivity (Wildman–Crippen MR) is 135 cm³/mol. The van der Waals surface area contributed by atoms with E-state index in [-0.39, 0.29) is 17.7 Å². The van der Waals surface area contributed by atoms with E-state index >= 15 is 0 Å². The molecule has 0 amide bonds. The number of thioether (sulfide) groups is 1. The highest BCUT2D eigenvalue weighted by molar-refractivity contribution is 7.98. The van der Waals surface area contributed by atoms with E-state index in [9.17, 15) is 4.79 Å². The first-order chi connectivity index (χ1) is 16.7. The quantitative estimate of drug-likeness (QED) is 0.330. The first-order valence-corrected chi connectivity index (χ1v) is 13.2. The molecule has 0 saturated carbocycles. The summed E-state index contributed by atoms with van der Waals surface area (Å²) in [7, 11) is 0. The lowest BCUT2D eigenvalue weighted by Gasteiger charge is -2.34. The molecule has 1 N–H and O–H groups in total. The topological polar surface area (TPSA) is 72.7 Å².